The van der Waals surface area contributed by atoms with Crippen LogP contribution in [0, 0.1) is 13.8 Å². The van der Waals surface area contributed by atoms with Gasteiger partial charge in [-0.2, -0.15) is 0 Å². The first-order valence-electron chi connectivity index (χ1n) is 10.7. The molecule has 1 heterocycles. The predicted octanol–water partition coefficient (Wildman–Crippen LogP) is 6.00. The van der Waals surface area contributed by atoms with Crippen LogP contribution in [-0.2, 0) is 18.4 Å². The van der Waals surface area contributed by atoms with E-state index < -0.39 is 0 Å². The molecule has 0 bridgehead atoms. The molecular weight excluding hydrogens is 368 g/mol. The minimum atomic E-state index is 0.133. The van der Waals surface area contributed by atoms with Crippen LogP contribution in [0.25, 0.3) is 11.3 Å². The van der Waals surface area contributed by atoms with Gasteiger partial charge in [0.05, 0.1) is 5.69 Å². The van der Waals surface area contributed by atoms with E-state index in [4.69, 9.17) is 9.72 Å². The van der Waals surface area contributed by atoms with Gasteiger partial charge in [0.1, 0.15) is 12.4 Å². The van der Waals surface area contributed by atoms with E-state index in [-0.39, 0.29) is 5.41 Å². The van der Waals surface area contributed by atoms with E-state index in [9.17, 15) is 0 Å². The fourth-order valence-electron chi connectivity index (χ4n) is 3.64. The van der Waals surface area contributed by atoms with E-state index >= 15 is 0 Å². The zero-order chi connectivity index (χ0) is 21.7. The summed E-state index contributed by atoms with van der Waals surface area (Å²) in [6.45, 7) is 12.4. The summed E-state index contributed by atoms with van der Waals surface area (Å²) in [5, 5.41) is 3.24. The predicted molar refractivity (Wildman–Crippen MR) is 126 cm³/mol. The molecule has 0 aliphatic heterocycles. The van der Waals surface area contributed by atoms with Crippen LogP contribution in [0.3, 0.4) is 0 Å². The number of pyridine rings is 1. The molecule has 158 valence electrons. The van der Waals surface area contributed by atoms with Crippen molar-refractivity contribution in [2.45, 2.75) is 53.1 Å². The molecule has 3 rings (SSSR count). The number of aryl methyl sites for hydroxylation is 2. The molecule has 30 heavy (non-hydrogen) atoms. The lowest BCUT2D eigenvalue weighted by atomic mass is 9.85. The smallest absolute Gasteiger partial charge is 0.127 e. The molecule has 0 radical (unpaired) electrons. The molecule has 3 aromatic rings. The number of likely N-dealkylation sites (N-methyl/N-ethyl adjacent to an activating group) is 1. The summed E-state index contributed by atoms with van der Waals surface area (Å²) in [5.74, 6) is 0.927. The Morgan fingerprint density at radius 1 is 0.967 bits per heavy atom. The van der Waals surface area contributed by atoms with Gasteiger partial charge in [-0.1, -0.05) is 69.3 Å². The second-order valence-corrected chi connectivity index (χ2v) is 8.98. The molecule has 0 aliphatic carbocycles. The lowest BCUT2D eigenvalue weighted by Crippen LogP contribution is -2.13. The molecule has 0 atom stereocenters. The highest BCUT2D eigenvalue weighted by molar-refractivity contribution is 5.67. The second-order valence-electron chi connectivity index (χ2n) is 8.98. The molecule has 0 amide bonds. The summed E-state index contributed by atoms with van der Waals surface area (Å²) < 4.78 is 6.31. The first-order chi connectivity index (χ1) is 14.3. The van der Waals surface area contributed by atoms with Gasteiger partial charge in [0, 0.05) is 22.9 Å². The van der Waals surface area contributed by atoms with E-state index in [0.717, 1.165) is 35.7 Å². The number of nitrogens with one attached hydrogen (secondary N) is 1. The summed E-state index contributed by atoms with van der Waals surface area (Å²) in [6.07, 6.45) is 0.891. The van der Waals surface area contributed by atoms with E-state index in [1.165, 1.54) is 22.3 Å². The summed E-state index contributed by atoms with van der Waals surface area (Å²) >= 11 is 0. The zero-order valence-electron chi connectivity index (χ0n) is 19.2. The average Bonchev–Trinajstić information content (AvgIpc) is 2.71. The summed E-state index contributed by atoms with van der Waals surface area (Å²) in [5.41, 5.74) is 8.22. The molecule has 0 aliphatic rings. The largest absolute Gasteiger partial charge is 0.488 e. The normalized spacial score (nSPS) is 11.5. The van der Waals surface area contributed by atoms with Crippen LogP contribution in [0.15, 0.2) is 54.6 Å². The molecular formula is C27H34N2O. The molecule has 0 unspecified atom stereocenters. The van der Waals surface area contributed by atoms with Gasteiger partial charge in [0.2, 0.25) is 0 Å². The van der Waals surface area contributed by atoms with E-state index in [1.807, 2.05) is 25.2 Å². The highest BCUT2D eigenvalue weighted by Crippen LogP contribution is 2.33. The Morgan fingerprint density at radius 2 is 1.70 bits per heavy atom. The monoisotopic (exact) mass is 402 g/mol. The second kappa shape index (κ2) is 9.44. The lowest BCUT2D eigenvalue weighted by molar-refractivity contribution is 0.302. The van der Waals surface area contributed by atoms with Crippen molar-refractivity contribution in [1.82, 2.24) is 10.3 Å². The van der Waals surface area contributed by atoms with Crippen molar-refractivity contribution in [2.75, 3.05) is 13.6 Å². The number of aromatic nitrogens is 1. The van der Waals surface area contributed by atoms with Crippen molar-refractivity contribution in [3.63, 3.8) is 0 Å². The highest BCUT2D eigenvalue weighted by Gasteiger charge is 2.17. The van der Waals surface area contributed by atoms with E-state index in [2.05, 4.69) is 76.3 Å². The number of nitrogens with zero attached hydrogens (tertiary/aromatic N) is 1. The van der Waals surface area contributed by atoms with Gasteiger partial charge >= 0.3 is 0 Å². The van der Waals surface area contributed by atoms with Gasteiger partial charge in [-0.25, -0.2) is 0 Å². The number of hydrogen-bond donors (Lipinski definition) is 1. The van der Waals surface area contributed by atoms with Crippen molar-refractivity contribution in [2.24, 2.45) is 0 Å². The zero-order valence-corrected chi connectivity index (χ0v) is 19.2. The molecule has 1 N–H and O–H groups in total. The van der Waals surface area contributed by atoms with Crippen LogP contribution in [0.4, 0.5) is 0 Å². The lowest BCUT2D eigenvalue weighted by Gasteiger charge is -2.21. The van der Waals surface area contributed by atoms with Crippen LogP contribution in [-0.4, -0.2) is 18.6 Å². The molecule has 3 nitrogen and oxygen atoms in total. The van der Waals surface area contributed by atoms with Crippen molar-refractivity contribution >= 4 is 0 Å². The first kappa shape index (κ1) is 22.0. The molecule has 2 aromatic carbocycles. The van der Waals surface area contributed by atoms with Crippen LogP contribution in [0.1, 0.15) is 48.7 Å². The summed E-state index contributed by atoms with van der Waals surface area (Å²) in [7, 11) is 1.97. The van der Waals surface area contributed by atoms with Crippen LogP contribution < -0.4 is 10.1 Å². The van der Waals surface area contributed by atoms with Gasteiger partial charge in [0.15, 0.2) is 0 Å². The Kier molecular flexibility index (Phi) is 6.94. The quantitative estimate of drug-likeness (QED) is 0.526. The molecule has 0 saturated carbocycles. The van der Waals surface area contributed by atoms with Crippen molar-refractivity contribution < 1.29 is 4.74 Å². The maximum atomic E-state index is 6.31. The number of benzene rings is 2. The topological polar surface area (TPSA) is 34.1 Å². The summed E-state index contributed by atoms with van der Waals surface area (Å²) in [4.78, 5) is 4.96. The summed E-state index contributed by atoms with van der Waals surface area (Å²) in [6, 6.07) is 19.1. The van der Waals surface area contributed by atoms with Gasteiger partial charge < -0.3 is 10.1 Å². The van der Waals surface area contributed by atoms with Crippen LogP contribution >= 0.6 is 0 Å². The minimum absolute atomic E-state index is 0.133. The minimum Gasteiger partial charge on any atom is -0.488 e. The molecule has 3 heteroatoms. The number of ether oxygens (including phenoxy) is 1. The van der Waals surface area contributed by atoms with Gasteiger partial charge in [-0.3, -0.25) is 4.98 Å². The van der Waals surface area contributed by atoms with Crippen molar-refractivity contribution in [3.8, 4) is 17.0 Å². The van der Waals surface area contributed by atoms with Crippen molar-refractivity contribution in [1.29, 1.82) is 0 Å². The maximum Gasteiger partial charge on any atom is 0.127 e. The molecule has 0 saturated heterocycles. The molecule has 0 fully saturated rings. The average molecular weight is 403 g/mol. The standard InChI is InChI=1S/C27H34N2O/c1-19-16-22(27(3,4)5)12-13-23(19)25-17-26(24(14-15-28-6)20(2)29-25)30-18-21-10-8-7-9-11-21/h7-13,16-17,28H,14-15,18H2,1-6H3. The fraction of sp³-hybridized carbons (Fsp3) is 0.370. The van der Waals surface area contributed by atoms with Gasteiger partial charge in [-0.15, -0.1) is 0 Å². The Morgan fingerprint density at radius 3 is 2.33 bits per heavy atom. The Bertz CT molecular complexity index is 988. The third-order valence-electron chi connectivity index (χ3n) is 5.52. The maximum absolute atomic E-state index is 6.31. The van der Waals surface area contributed by atoms with Gasteiger partial charge in [0.25, 0.3) is 0 Å². The third-order valence-corrected chi connectivity index (χ3v) is 5.52. The van der Waals surface area contributed by atoms with Gasteiger partial charge in [-0.05, 0) is 56.0 Å². The third kappa shape index (κ3) is 5.28. The first-order valence-corrected chi connectivity index (χ1v) is 10.7. The van der Waals surface area contributed by atoms with Crippen molar-refractivity contribution in [3.05, 3.63) is 82.5 Å². The number of hydrogen-bond acceptors (Lipinski definition) is 3. The van der Waals surface area contributed by atoms with Crippen LogP contribution in [0.2, 0.25) is 0 Å². The Balaban J connectivity index is 1.98. The highest BCUT2D eigenvalue weighted by atomic mass is 16.5. The SMILES string of the molecule is CNCCc1c(OCc2ccccc2)cc(-c2ccc(C(C)(C)C)cc2C)nc1C. The Labute approximate surface area is 181 Å². The number of rotatable bonds is 7. The molecule has 0 spiro atoms. The Hall–Kier alpha value is -2.65. The fourth-order valence-corrected chi connectivity index (χ4v) is 3.64. The van der Waals surface area contributed by atoms with E-state index in [1.54, 1.807) is 0 Å². The molecule has 1 aromatic heterocycles. The van der Waals surface area contributed by atoms with Crippen LogP contribution in [0.5, 0.6) is 5.75 Å². The van der Waals surface area contributed by atoms with E-state index in [0.29, 0.717) is 6.61 Å².